The molecule has 5 nitrogen and oxygen atoms in total. The number of alkyl halides is 3. The van der Waals surface area contributed by atoms with E-state index in [-0.39, 0.29) is 10.0 Å². The van der Waals surface area contributed by atoms with E-state index in [1.54, 1.807) is 0 Å². The Morgan fingerprint density at radius 3 is 2.35 bits per heavy atom. The van der Waals surface area contributed by atoms with E-state index in [0.29, 0.717) is 10.4 Å². The summed E-state index contributed by atoms with van der Waals surface area (Å²) in [5, 5.41) is -0.174. The van der Waals surface area contributed by atoms with Crippen LogP contribution in [0.15, 0.2) is 47.4 Å². The molecule has 0 aromatic heterocycles. The van der Waals surface area contributed by atoms with Crippen molar-refractivity contribution in [2.75, 3.05) is 10.8 Å². The van der Waals surface area contributed by atoms with Crippen molar-refractivity contribution in [3.8, 4) is 0 Å². The van der Waals surface area contributed by atoms with Gasteiger partial charge in [0.1, 0.15) is 11.4 Å². The Morgan fingerprint density at radius 1 is 1.12 bits per heavy atom. The summed E-state index contributed by atoms with van der Waals surface area (Å²) in [5.74, 6) is -1.07. The summed E-state index contributed by atoms with van der Waals surface area (Å²) in [6.07, 6.45) is -4.70. The summed E-state index contributed by atoms with van der Waals surface area (Å²) in [4.78, 5) is 10.9. The number of hydrogen-bond donors (Lipinski definition) is 1. The Morgan fingerprint density at radius 2 is 1.77 bits per heavy atom. The summed E-state index contributed by atoms with van der Waals surface area (Å²) < 4.78 is 65.0. The minimum atomic E-state index is -4.70. The number of sulfonamides is 1. The number of halogens is 5. The predicted octanol–water partition coefficient (Wildman–Crippen LogP) is 3.69. The number of hydrogen-bond acceptors (Lipinski definition) is 3. The standard InChI is InChI=1S/C15H11Cl2F3N2O3S/c16-10-4-5-12(17)13(7-10)26(24,25)22(8-14(21)23)11-3-1-2-9(6-11)15(18,19)20/h1-7H,8H2,(H2,21,23). The fourth-order valence-electron chi connectivity index (χ4n) is 2.09. The van der Waals surface area contributed by atoms with Crippen LogP contribution in [0.25, 0.3) is 0 Å². The van der Waals surface area contributed by atoms with Crippen molar-refractivity contribution in [1.82, 2.24) is 0 Å². The van der Waals surface area contributed by atoms with Gasteiger partial charge in [0.25, 0.3) is 10.0 Å². The highest BCUT2D eigenvalue weighted by atomic mass is 35.5. The number of carbonyl (C=O) groups excluding carboxylic acids is 1. The zero-order chi connectivity index (χ0) is 19.7. The molecule has 0 saturated heterocycles. The molecule has 26 heavy (non-hydrogen) atoms. The lowest BCUT2D eigenvalue weighted by molar-refractivity contribution is -0.137. The van der Waals surface area contributed by atoms with Crippen LogP contribution < -0.4 is 10.0 Å². The van der Waals surface area contributed by atoms with Crippen LogP contribution in [0.1, 0.15) is 5.56 Å². The first-order valence-electron chi connectivity index (χ1n) is 6.86. The molecule has 0 unspecified atom stereocenters. The van der Waals surface area contributed by atoms with Gasteiger partial charge in [0.05, 0.1) is 16.3 Å². The lowest BCUT2D eigenvalue weighted by Crippen LogP contribution is -2.38. The zero-order valence-corrected chi connectivity index (χ0v) is 15.1. The molecule has 0 spiro atoms. The Bertz CT molecular complexity index is 949. The maximum absolute atomic E-state index is 12.9. The van der Waals surface area contributed by atoms with E-state index in [4.69, 9.17) is 28.9 Å². The normalized spacial score (nSPS) is 12.0. The molecule has 2 rings (SSSR count). The molecule has 0 saturated carbocycles. The van der Waals surface area contributed by atoms with Crippen LogP contribution in [0, 0.1) is 0 Å². The lowest BCUT2D eigenvalue weighted by Gasteiger charge is -2.24. The Kier molecular flexibility index (Phi) is 5.74. The summed E-state index contributed by atoms with van der Waals surface area (Å²) in [5.41, 5.74) is 3.59. The molecule has 1 amide bonds. The Hall–Kier alpha value is -1.97. The van der Waals surface area contributed by atoms with Gasteiger partial charge in [0.2, 0.25) is 5.91 Å². The van der Waals surface area contributed by atoms with Gasteiger partial charge in [0.15, 0.2) is 0 Å². The van der Waals surface area contributed by atoms with Gasteiger partial charge in [-0.2, -0.15) is 13.2 Å². The molecule has 11 heteroatoms. The number of amides is 1. The highest BCUT2D eigenvalue weighted by Gasteiger charge is 2.33. The molecular weight excluding hydrogens is 416 g/mol. The van der Waals surface area contributed by atoms with Gasteiger partial charge in [-0.3, -0.25) is 9.10 Å². The van der Waals surface area contributed by atoms with Gasteiger partial charge in [0, 0.05) is 5.02 Å². The monoisotopic (exact) mass is 426 g/mol. The molecule has 0 fully saturated rings. The van der Waals surface area contributed by atoms with E-state index < -0.39 is 44.8 Å². The van der Waals surface area contributed by atoms with Crippen LogP contribution in [0.4, 0.5) is 18.9 Å². The van der Waals surface area contributed by atoms with Crippen molar-refractivity contribution < 1.29 is 26.4 Å². The largest absolute Gasteiger partial charge is 0.416 e. The van der Waals surface area contributed by atoms with Crippen molar-refractivity contribution in [2.24, 2.45) is 5.73 Å². The third-order valence-corrected chi connectivity index (χ3v) is 5.71. The van der Waals surface area contributed by atoms with Crippen LogP contribution in [0.5, 0.6) is 0 Å². The van der Waals surface area contributed by atoms with Gasteiger partial charge in [-0.15, -0.1) is 0 Å². The maximum Gasteiger partial charge on any atom is 0.416 e. The average Bonchev–Trinajstić information content (AvgIpc) is 2.54. The summed E-state index contributed by atoms with van der Waals surface area (Å²) in [7, 11) is -4.52. The SMILES string of the molecule is NC(=O)CN(c1cccc(C(F)(F)F)c1)S(=O)(=O)c1cc(Cl)ccc1Cl. The van der Waals surface area contributed by atoms with E-state index in [1.807, 2.05) is 0 Å². The lowest BCUT2D eigenvalue weighted by atomic mass is 10.2. The smallest absolute Gasteiger partial charge is 0.368 e. The topological polar surface area (TPSA) is 80.5 Å². The van der Waals surface area contributed by atoms with E-state index in [1.165, 1.54) is 12.1 Å². The second-order valence-corrected chi connectivity index (χ2v) is 7.78. The average molecular weight is 427 g/mol. The first-order chi connectivity index (χ1) is 11.9. The second-order valence-electron chi connectivity index (χ2n) is 5.10. The fraction of sp³-hybridized carbons (Fsp3) is 0.133. The molecule has 0 bridgehead atoms. The van der Waals surface area contributed by atoms with Gasteiger partial charge in [-0.25, -0.2) is 8.42 Å². The fourth-order valence-corrected chi connectivity index (χ4v) is 4.25. The van der Waals surface area contributed by atoms with Crippen molar-refractivity contribution in [3.63, 3.8) is 0 Å². The van der Waals surface area contributed by atoms with Gasteiger partial charge >= 0.3 is 6.18 Å². The third kappa shape index (κ3) is 4.40. The second kappa shape index (κ2) is 7.34. The molecule has 0 aliphatic heterocycles. The predicted molar refractivity (Wildman–Crippen MR) is 91.6 cm³/mol. The van der Waals surface area contributed by atoms with Gasteiger partial charge < -0.3 is 5.73 Å². The van der Waals surface area contributed by atoms with Crippen molar-refractivity contribution in [2.45, 2.75) is 11.1 Å². The minimum Gasteiger partial charge on any atom is -0.368 e. The third-order valence-electron chi connectivity index (χ3n) is 3.22. The zero-order valence-electron chi connectivity index (χ0n) is 12.8. The number of benzene rings is 2. The number of nitrogens with zero attached hydrogens (tertiary/aromatic N) is 1. The van der Waals surface area contributed by atoms with Gasteiger partial charge in [-0.05, 0) is 36.4 Å². The molecule has 0 heterocycles. The Labute approximate surface area is 157 Å². The van der Waals surface area contributed by atoms with Crippen molar-refractivity contribution >= 4 is 44.8 Å². The van der Waals surface area contributed by atoms with Crippen LogP contribution >= 0.6 is 23.2 Å². The Balaban J connectivity index is 2.65. The minimum absolute atomic E-state index is 0.0380. The van der Waals surface area contributed by atoms with Gasteiger partial charge in [-0.1, -0.05) is 29.3 Å². The summed E-state index contributed by atoms with van der Waals surface area (Å²) in [6.45, 7) is -0.882. The van der Waals surface area contributed by atoms with Crippen LogP contribution in [-0.4, -0.2) is 20.9 Å². The highest BCUT2D eigenvalue weighted by molar-refractivity contribution is 7.93. The first-order valence-corrected chi connectivity index (χ1v) is 9.06. The molecule has 0 atom stereocenters. The first kappa shape index (κ1) is 20.3. The van der Waals surface area contributed by atoms with Crippen LogP contribution in [0.3, 0.4) is 0 Å². The molecule has 2 N–H and O–H groups in total. The van der Waals surface area contributed by atoms with E-state index >= 15 is 0 Å². The van der Waals surface area contributed by atoms with Crippen LogP contribution in [-0.2, 0) is 21.0 Å². The van der Waals surface area contributed by atoms with E-state index in [2.05, 4.69) is 0 Å². The quantitative estimate of drug-likeness (QED) is 0.791. The molecule has 0 radical (unpaired) electrons. The molecule has 2 aromatic carbocycles. The van der Waals surface area contributed by atoms with E-state index in [0.717, 1.165) is 24.3 Å². The number of carbonyl (C=O) groups is 1. The molecule has 0 aliphatic rings. The van der Waals surface area contributed by atoms with Crippen LogP contribution in [0.2, 0.25) is 10.0 Å². The number of rotatable bonds is 5. The number of anilines is 1. The number of primary amides is 1. The summed E-state index contributed by atoms with van der Waals surface area (Å²) in [6, 6.07) is 7.07. The van der Waals surface area contributed by atoms with Crippen molar-refractivity contribution in [1.29, 1.82) is 0 Å². The molecule has 2 aromatic rings. The maximum atomic E-state index is 12.9. The van der Waals surface area contributed by atoms with E-state index in [9.17, 15) is 26.4 Å². The molecule has 140 valence electrons. The number of nitrogens with two attached hydrogens (primary N) is 1. The van der Waals surface area contributed by atoms with Crippen molar-refractivity contribution in [3.05, 3.63) is 58.1 Å². The summed E-state index contributed by atoms with van der Waals surface area (Å²) >= 11 is 11.7. The molecule has 0 aliphatic carbocycles. The highest BCUT2D eigenvalue weighted by Crippen LogP contribution is 2.34. The molecular formula is C15H11Cl2F3N2O3S.